The lowest BCUT2D eigenvalue weighted by molar-refractivity contribution is 0.866. The van der Waals surface area contributed by atoms with Crippen LogP contribution in [0.5, 0.6) is 0 Å². The molecule has 2 heteroatoms. The molecule has 2 rings (SSSR count). The second-order valence-electron chi connectivity index (χ2n) is 4.87. The molecule has 0 saturated carbocycles. The Balaban J connectivity index is 0.000000204. The molecule has 0 aliphatic carbocycles. The summed E-state index contributed by atoms with van der Waals surface area (Å²) in [5.74, 6) is 0.544. The average molecular weight is 262 g/mol. The average Bonchev–Trinajstić information content (AvgIpc) is 2.48. The second kappa shape index (κ2) is 7.77. The molecule has 2 aromatic rings. The molecule has 2 aromatic carbocycles. The SMILES string of the molecule is CC(C)c1ccc(C#N)cc1.Cc1cccc(C#N)c1. The van der Waals surface area contributed by atoms with E-state index < -0.39 is 0 Å². The van der Waals surface area contributed by atoms with Gasteiger partial charge in [-0.1, -0.05) is 38.1 Å². The van der Waals surface area contributed by atoms with Gasteiger partial charge in [-0.3, -0.25) is 0 Å². The van der Waals surface area contributed by atoms with Crippen LogP contribution in [0.25, 0.3) is 0 Å². The molecule has 0 atom stereocenters. The van der Waals surface area contributed by atoms with Gasteiger partial charge >= 0.3 is 0 Å². The van der Waals surface area contributed by atoms with Crippen molar-refractivity contribution in [2.24, 2.45) is 0 Å². The molecule has 0 bridgehead atoms. The number of hydrogen-bond donors (Lipinski definition) is 0. The van der Waals surface area contributed by atoms with Crippen molar-refractivity contribution in [3.63, 3.8) is 0 Å². The van der Waals surface area contributed by atoms with Crippen LogP contribution in [0, 0.1) is 29.6 Å². The minimum atomic E-state index is 0.544. The van der Waals surface area contributed by atoms with Crippen LogP contribution < -0.4 is 0 Å². The Labute approximate surface area is 120 Å². The molecule has 2 nitrogen and oxygen atoms in total. The van der Waals surface area contributed by atoms with E-state index in [0.717, 1.165) is 16.7 Å². The van der Waals surface area contributed by atoms with Crippen LogP contribution in [0.4, 0.5) is 0 Å². The lowest BCUT2D eigenvalue weighted by Crippen LogP contribution is -1.85. The highest BCUT2D eigenvalue weighted by atomic mass is 14.2. The molecular weight excluding hydrogens is 244 g/mol. The van der Waals surface area contributed by atoms with Crippen molar-refractivity contribution in [2.75, 3.05) is 0 Å². The summed E-state index contributed by atoms with van der Waals surface area (Å²) < 4.78 is 0. The Kier molecular flexibility index (Phi) is 6.01. The van der Waals surface area contributed by atoms with E-state index in [1.807, 2.05) is 49.4 Å². The molecule has 0 radical (unpaired) electrons. The van der Waals surface area contributed by atoms with E-state index in [-0.39, 0.29) is 0 Å². The minimum Gasteiger partial charge on any atom is -0.192 e. The predicted molar refractivity (Wildman–Crippen MR) is 81.1 cm³/mol. The fourth-order valence-electron chi connectivity index (χ4n) is 1.66. The molecule has 0 unspecified atom stereocenters. The summed E-state index contributed by atoms with van der Waals surface area (Å²) >= 11 is 0. The summed E-state index contributed by atoms with van der Waals surface area (Å²) in [4.78, 5) is 0. The van der Waals surface area contributed by atoms with Gasteiger partial charge in [-0.15, -0.1) is 0 Å². The van der Waals surface area contributed by atoms with E-state index in [9.17, 15) is 0 Å². The van der Waals surface area contributed by atoms with Crippen molar-refractivity contribution in [1.29, 1.82) is 10.5 Å². The summed E-state index contributed by atoms with van der Waals surface area (Å²) in [7, 11) is 0. The topological polar surface area (TPSA) is 47.6 Å². The van der Waals surface area contributed by atoms with E-state index in [0.29, 0.717) is 5.92 Å². The van der Waals surface area contributed by atoms with Crippen LogP contribution in [-0.4, -0.2) is 0 Å². The van der Waals surface area contributed by atoms with Gasteiger partial charge in [0.1, 0.15) is 0 Å². The van der Waals surface area contributed by atoms with Gasteiger partial charge < -0.3 is 0 Å². The maximum Gasteiger partial charge on any atom is 0.0991 e. The number of hydrogen-bond acceptors (Lipinski definition) is 2. The van der Waals surface area contributed by atoms with Gasteiger partial charge in [0.25, 0.3) is 0 Å². The summed E-state index contributed by atoms with van der Waals surface area (Å²) in [6.07, 6.45) is 0. The van der Waals surface area contributed by atoms with Gasteiger partial charge in [-0.2, -0.15) is 10.5 Å². The van der Waals surface area contributed by atoms with Crippen molar-refractivity contribution < 1.29 is 0 Å². The molecule has 0 fully saturated rings. The molecule has 0 saturated heterocycles. The molecule has 0 aliphatic rings. The maximum absolute atomic E-state index is 8.52. The quantitative estimate of drug-likeness (QED) is 0.757. The first kappa shape index (κ1) is 15.5. The summed E-state index contributed by atoms with van der Waals surface area (Å²) in [6.45, 7) is 6.25. The van der Waals surface area contributed by atoms with Crippen LogP contribution in [0.2, 0.25) is 0 Å². The summed E-state index contributed by atoms with van der Waals surface area (Å²) in [6, 6.07) is 19.4. The van der Waals surface area contributed by atoms with E-state index >= 15 is 0 Å². The fourth-order valence-corrected chi connectivity index (χ4v) is 1.66. The lowest BCUT2D eigenvalue weighted by Gasteiger charge is -2.02. The Bertz CT molecular complexity index is 626. The normalized spacial score (nSPS) is 9.10. The number of nitrogens with zero attached hydrogens (tertiary/aromatic N) is 2. The molecule has 0 N–H and O–H groups in total. The van der Waals surface area contributed by atoms with E-state index in [1.165, 1.54) is 5.56 Å². The van der Waals surface area contributed by atoms with Gasteiger partial charge in [0.2, 0.25) is 0 Å². The number of aryl methyl sites for hydroxylation is 1. The van der Waals surface area contributed by atoms with Crippen molar-refractivity contribution in [1.82, 2.24) is 0 Å². The molecule has 100 valence electrons. The zero-order valence-corrected chi connectivity index (χ0v) is 12.1. The van der Waals surface area contributed by atoms with E-state index in [1.54, 1.807) is 6.07 Å². The van der Waals surface area contributed by atoms with Crippen LogP contribution in [0.3, 0.4) is 0 Å². The van der Waals surface area contributed by atoms with Gasteiger partial charge in [-0.05, 0) is 48.2 Å². The van der Waals surface area contributed by atoms with Gasteiger partial charge in [0.05, 0.1) is 23.3 Å². The minimum absolute atomic E-state index is 0.544. The first-order valence-corrected chi connectivity index (χ1v) is 6.53. The molecule has 0 amide bonds. The first-order chi connectivity index (χ1) is 9.56. The molecule has 0 aliphatic heterocycles. The molecule has 0 spiro atoms. The van der Waals surface area contributed by atoms with Gasteiger partial charge in [0, 0.05) is 0 Å². The number of benzene rings is 2. The Hall–Kier alpha value is -2.58. The molecule has 20 heavy (non-hydrogen) atoms. The lowest BCUT2D eigenvalue weighted by atomic mass is 10.0. The first-order valence-electron chi connectivity index (χ1n) is 6.53. The zero-order valence-electron chi connectivity index (χ0n) is 12.1. The third kappa shape index (κ3) is 4.96. The highest BCUT2D eigenvalue weighted by molar-refractivity contribution is 5.33. The van der Waals surface area contributed by atoms with Crippen molar-refractivity contribution in [3.05, 3.63) is 70.8 Å². The van der Waals surface area contributed by atoms with E-state index in [2.05, 4.69) is 26.0 Å². The number of nitriles is 2. The third-order valence-corrected chi connectivity index (χ3v) is 2.85. The standard InChI is InChI=1S/C10H11N.C8H7N/c1-8(2)10-5-3-9(7-11)4-6-10;1-7-3-2-4-8(5-7)6-9/h3-6,8H,1-2H3;2-5H,1H3. The maximum atomic E-state index is 8.52. The second-order valence-corrected chi connectivity index (χ2v) is 4.87. The van der Waals surface area contributed by atoms with Crippen LogP contribution >= 0.6 is 0 Å². The smallest absolute Gasteiger partial charge is 0.0991 e. The van der Waals surface area contributed by atoms with Gasteiger partial charge in [0.15, 0.2) is 0 Å². The Morgan fingerprint density at radius 1 is 0.850 bits per heavy atom. The van der Waals surface area contributed by atoms with Crippen molar-refractivity contribution in [3.8, 4) is 12.1 Å². The Morgan fingerprint density at radius 2 is 1.45 bits per heavy atom. The summed E-state index contributed by atoms with van der Waals surface area (Å²) in [5, 5.41) is 16.9. The predicted octanol–water partition coefficient (Wildman–Crippen LogP) is 4.55. The van der Waals surface area contributed by atoms with Crippen molar-refractivity contribution in [2.45, 2.75) is 26.7 Å². The van der Waals surface area contributed by atoms with Crippen LogP contribution in [0.1, 0.15) is 42.0 Å². The van der Waals surface area contributed by atoms with Crippen LogP contribution in [0.15, 0.2) is 48.5 Å². The fraction of sp³-hybridized carbons (Fsp3) is 0.222. The Morgan fingerprint density at radius 3 is 1.85 bits per heavy atom. The monoisotopic (exact) mass is 262 g/mol. The molecule has 0 heterocycles. The van der Waals surface area contributed by atoms with Crippen molar-refractivity contribution >= 4 is 0 Å². The van der Waals surface area contributed by atoms with Crippen LogP contribution in [-0.2, 0) is 0 Å². The van der Waals surface area contributed by atoms with Gasteiger partial charge in [-0.25, -0.2) is 0 Å². The highest BCUT2D eigenvalue weighted by Crippen LogP contribution is 2.13. The highest BCUT2D eigenvalue weighted by Gasteiger charge is 1.97. The third-order valence-electron chi connectivity index (χ3n) is 2.85. The largest absolute Gasteiger partial charge is 0.192 e. The number of rotatable bonds is 1. The molecular formula is C18H18N2. The zero-order chi connectivity index (χ0) is 15.0. The summed E-state index contributed by atoms with van der Waals surface area (Å²) in [5.41, 5.74) is 3.88. The van der Waals surface area contributed by atoms with E-state index in [4.69, 9.17) is 10.5 Å². The molecule has 0 aromatic heterocycles.